The lowest BCUT2D eigenvalue weighted by molar-refractivity contribution is -0.126. The Morgan fingerprint density at radius 3 is 2.59 bits per heavy atom. The van der Waals surface area contributed by atoms with Crippen LogP contribution in [0.15, 0.2) is 18.9 Å². The van der Waals surface area contributed by atoms with Gasteiger partial charge >= 0.3 is 0 Å². The van der Waals surface area contributed by atoms with Gasteiger partial charge in [0.2, 0.25) is 36.1 Å². The van der Waals surface area contributed by atoms with Crippen LogP contribution >= 0.6 is 12.6 Å². The molecule has 0 radical (unpaired) electrons. The number of rotatable bonds is 15. The number of hydrogen-bond donors (Lipinski definition) is 4. The lowest BCUT2D eigenvalue weighted by Crippen LogP contribution is -2.39. The first-order valence-electron chi connectivity index (χ1n) is 14.8. The third-order valence-corrected chi connectivity index (χ3v) is 7.24. The van der Waals surface area contributed by atoms with Gasteiger partial charge in [0.05, 0.1) is 24.7 Å². The topological polar surface area (TPSA) is 171 Å². The molecule has 46 heavy (non-hydrogen) atoms. The van der Waals surface area contributed by atoms with Crippen molar-refractivity contribution in [3.63, 3.8) is 0 Å². The molecule has 2 aromatic heterocycles. The van der Waals surface area contributed by atoms with Crippen LogP contribution in [-0.2, 0) is 19.1 Å². The highest BCUT2D eigenvalue weighted by molar-refractivity contribution is 7.79. The Labute approximate surface area is 272 Å². The molecule has 2 aliphatic rings. The summed E-state index contributed by atoms with van der Waals surface area (Å²) in [6.45, 7) is 7.51. The number of carbonyl (C=O) groups excluding carboxylic acids is 3. The van der Waals surface area contributed by atoms with Gasteiger partial charge in [-0.2, -0.15) is 27.6 Å². The Morgan fingerprint density at radius 1 is 1.15 bits per heavy atom. The van der Waals surface area contributed by atoms with Gasteiger partial charge in [-0.15, -0.1) is 0 Å². The molecule has 252 valence electrons. The first-order chi connectivity index (χ1) is 22.3. The van der Waals surface area contributed by atoms with Crippen LogP contribution < -0.4 is 25.8 Å². The van der Waals surface area contributed by atoms with Crippen LogP contribution in [0, 0.1) is 5.92 Å². The molecular formula is C28H41F2N11O4S. The molecule has 0 saturated carbocycles. The Hall–Kier alpha value is -4.19. The van der Waals surface area contributed by atoms with Crippen molar-refractivity contribution < 1.29 is 27.9 Å². The fraction of sp³-hybridized carbons (Fsp3) is 0.571. The molecule has 15 nitrogen and oxygen atoms in total. The molecule has 1 unspecified atom stereocenters. The van der Waals surface area contributed by atoms with Crippen molar-refractivity contribution in [1.82, 2.24) is 40.5 Å². The second-order valence-electron chi connectivity index (χ2n) is 10.1. The summed E-state index contributed by atoms with van der Waals surface area (Å²) in [5.74, 6) is -0.118. The second kappa shape index (κ2) is 18.7. The van der Waals surface area contributed by atoms with Gasteiger partial charge in [-0.05, 0) is 25.2 Å². The molecule has 1 atom stereocenters. The quantitative estimate of drug-likeness (QED) is 0.0914. The van der Waals surface area contributed by atoms with Gasteiger partial charge in [0, 0.05) is 65.6 Å². The lowest BCUT2D eigenvalue weighted by atomic mass is 10.1. The highest BCUT2D eigenvalue weighted by Gasteiger charge is 2.30. The predicted octanol–water partition coefficient (Wildman–Crippen LogP) is 0.784. The Bertz CT molecular complexity index is 1320. The van der Waals surface area contributed by atoms with Gasteiger partial charge in [0.25, 0.3) is 6.43 Å². The zero-order valence-corrected chi connectivity index (χ0v) is 26.9. The van der Waals surface area contributed by atoms with Crippen LogP contribution in [0.5, 0.6) is 0 Å². The number of aromatic nitrogens is 5. The van der Waals surface area contributed by atoms with Gasteiger partial charge < -0.3 is 35.4 Å². The fourth-order valence-corrected chi connectivity index (χ4v) is 4.87. The monoisotopic (exact) mass is 665 g/mol. The first kappa shape index (κ1) is 36.3. The lowest BCUT2D eigenvalue weighted by Gasteiger charge is -2.29. The molecule has 2 aromatic rings. The van der Waals surface area contributed by atoms with Crippen LogP contribution in [0.25, 0.3) is 11.4 Å². The van der Waals surface area contributed by atoms with E-state index in [2.05, 4.69) is 60.1 Å². The van der Waals surface area contributed by atoms with E-state index in [1.165, 1.54) is 19.3 Å². The van der Waals surface area contributed by atoms with E-state index in [1.807, 2.05) is 4.90 Å². The molecule has 0 bridgehead atoms. The molecule has 0 spiro atoms. The van der Waals surface area contributed by atoms with Crippen LogP contribution in [-0.4, -0.2) is 127 Å². The molecule has 2 aliphatic heterocycles. The second-order valence-corrected chi connectivity index (χ2v) is 10.1. The van der Waals surface area contributed by atoms with E-state index in [1.54, 1.807) is 16.1 Å². The summed E-state index contributed by atoms with van der Waals surface area (Å²) in [6, 6.07) is 0. The highest BCUT2D eigenvalue weighted by Crippen LogP contribution is 2.30. The predicted molar refractivity (Wildman–Crippen MR) is 172 cm³/mol. The van der Waals surface area contributed by atoms with Crippen molar-refractivity contribution in [2.75, 3.05) is 94.0 Å². The number of nitrogens with zero attached hydrogens (tertiary/aromatic N) is 8. The number of alkyl halides is 2. The fourth-order valence-electron chi connectivity index (χ4n) is 4.87. The third kappa shape index (κ3) is 9.90. The van der Waals surface area contributed by atoms with Gasteiger partial charge in [-0.1, -0.05) is 6.58 Å². The number of amides is 3. The third-order valence-electron chi connectivity index (χ3n) is 7.24. The number of likely N-dealkylation sites (tertiary alicyclic amines) is 1. The van der Waals surface area contributed by atoms with Gasteiger partial charge in [-0.3, -0.25) is 14.4 Å². The maximum Gasteiger partial charge on any atom is 0.281 e. The summed E-state index contributed by atoms with van der Waals surface area (Å²) in [5, 5.41) is 8.20. The number of nitrogens with one attached hydrogen (secondary N) is 3. The minimum Gasteiger partial charge on any atom is -0.378 e. The summed E-state index contributed by atoms with van der Waals surface area (Å²) >= 11 is 3.53. The number of ether oxygens (including phenoxy) is 1. The molecule has 2 saturated heterocycles. The molecule has 4 rings (SSSR count). The van der Waals surface area contributed by atoms with E-state index in [0.29, 0.717) is 78.3 Å². The smallest absolute Gasteiger partial charge is 0.281 e. The minimum atomic E-state index is -2.91. The van der Waals surface area contributed by atoms with Crippen LogP contribution in [0.3, 0.4) is 0 Å². The number of anilines is 3. The number of halogens is 2. The standard InChI is InChI=1S/C27H37F2N11O4.CH4S/c1-3-20(42)40-9-5-18(16-40)24(43)32-6-4-8-38(10-7-31-17-41)26-35-23(36-27(37-26)39-11-13-44-14-12-39)19-15-33-25(30-2)34-21(19)22(28)29;1-2/h3,15,17-18,22H,1,4-14,16H2,2H3,(H,31,41)(H,32,43)(H,30,33,34);2H,1H3. The van der Waals surface area contributed by atoms with Crippen LogP contribution in [0.1, 0.15) is 25.0 Å². The van der Waals surface area contributed by atoms with Crippen molar-refractivity contribution in [3.8, 4) is 11.4 Å². The minimum absolute atomic E-state index is 0.0176. The highest BCUT2D eigenvalue weighted by atomic mass is 32.1. The summed E-state index contributed by atoms with van der Waals surface area (Å²) in [6.07, 6.45) is 2.92. The van der Waals surface area contributed by atoms with Crippen molar-refractivity contribution in [1.29, 1.82) is 0 Å². The SMILES string of the molecule is C=CC(=O)N1CCC(C(=O)NCCCN(CCNC=O)c2nc(-c3cnc(NC)nc3C(F)F)nc(N3CCOCC3)n2)C1.CS. The number of thiol groups is 1. The van der Waals surface area contributed by atoms with Crippen LogP contribution in [0.4, 0.5) is 26.6 Å². The molecule has 3 amide bonds. The molecule has 18 heteroatoms. The Kier molecular flexibility index (Phi) is 14.7. The number of hydrogen-bond acceptors (Lipinski definition) is 13. The summed E-state index contributed by atoms with van der Waals surface area (Å²) in [7, 11) is 1.53. The molecular weight excluding hydrogens is 624 g/mol. The van der Waals surface area contributed by atoms with Crippen LogP contribution in [0.2, 0.25) is 0 Å². The first-order valence-corrected chi connectivity index (χ1v) is 15.7. The summed E-state index contributed by atoms with van der Waals surface area (Å²) in [5.41, 5.74) is -0.553. The van der Waals surface area contributed by atoms with Crippen molar-refractivity contribution >= 4 is 48.7 Å². The van der Waals surface area contributed by atoms with Gasteiger partial charge in [0.1, 0.15) is 5.69 Å². The molecule has 0 aromatic carbocycles. The average Bonchev–Trinajstić information content (AvgIpc) is 3.60. The van der Waals surface area contributed by atoms with Crippen molar-refractivity contribution in [3.05, 3.63) is 24.5 Å². The van der Waals surface area contributed by atoms with E-state index >= 15 is 0 Å². The molecule has 4 heterocycles. The van der Waals surface area contributed by atoms with E-state index in [4.69, 9.17) is 4.74 Å². The zero-order chi connectivity index (χ0) is 33.5. The Balaban J connectivity index is 0.00000282. The maximum atomic E-state index is 14.1. The van der Waals surface area contributed by atoms with E-state index in [0.717, 1.165) is 0 Å². The van der Waals surface area contributed by atoms with E-state index < -0.39 is 12.1 Å². The van der Waals surface area contributed by atoms with Crippen molar-refractivity contribution in [2.24, 2.45) is 5.92 Å². The van der Waals surface area contributed by atoms with Gasteiger partial charge in [-0.25, -0.2) is 18.7 Å². The number of morpholine rings is 1. The average molecular weight is 666 g/mol. The van der Waals surface area contributed by atoms with E-state index in [-0.39, 0.29) is 53.5 Å². The molecule has 0 aliphatic carbocycles. The zero-order valence-electron chi connectivity index (χ0n) is 26.0. The largest absolute Gasteiger partial charge is 0.378 e. The van der Waals surface area contributed by atoms with Gasteiger partial charge in [0.15, 0.2) is 5.82 Å². The van der Waals surface area contributed by atoms with Crippen molar-refractivity contribution in [2.45, 2.75) is 19.3 Å². The normalized spacial score (nSPS) is 15.9. The molecule has 2 fully saturated rings. The number of carbonyl (C=O) groups is 3. The summed E-state index contributed by atoms with van der Waals surface area (Å²) in [4.78, 5) is 62.6. The molecule has 3 N–H and O–H groups in total. The Morgan fingerprint density at radius 2 is 1.91 bits per heavy atom. The van der Waals surface area contributed by atoms with E-state index in [9.17, 15) is 23.2 Å². The maximum absolute atomic E-state index is 14.1. The summed E-state index contributed by atoms with van der Waals surface area (Å²) < 4.78 is 33.6.